The summed E-state index contributed by atoms with van der Waals surface area (Å²) >= 11 is 0. The molecule has 1 rings (SSSR count). The minimum Gasteiger partial charge on any atom is -0.381 e. The van der Waals surface area contributed by atoms with E-state index in [1.54, 1.807) is 0 Å². The van der Waals surface area contributed by atoms with Gasteiger partial charge in [-0.05, 0) is 45.1 Å². The van der Waals surface area contributed by atoms with Crippen LogP contribution in [0.3, 0.4) is 0 Å². The van der Waals surface area contributed by atoms with Gasteiger partial charge in [-0.3, -0.25) is 0 Å². The van der Waals surface area contributed by atoms with Crippen molar-refractivity contribution in [2.24, 2.45) is 5.92 Å². The van der Waals surface area contributed by atoms with Crippen molar-refractivity contribution in [1.82, 2.24) is 5.32 Å². The van der Waals surface area contributed by atoms with E-state index >= 15 is 0 Å². The number of hydrogen-bond acceptors (Lipinski definition) is 2. The van der Waals surface area contributed by atoms with Gasteiger partial charge in [0.2, 0.25) is 0 Å². The van der Waals surface area contributed by atoms with Crippen LogP contribution < -0.4 is 5.32 Å². The van der Waals surface area contributed by atoms with Crippen LogP contribution in [0.4, 0.5) is 0 Å². The van der Waals surface area contributed by atoms with E-state index in [0.717, 1.165) is 32.1 Å². The van der Waals surface area contributed by atoms with Crippen LogP contribution in [0.5, 0.6) is 0 Å². The Morgan fingerprint density at radius 3 is 2.80 bits per heavy atom. The normalized spacial score (nSPS) is 18.0. The minimum atomic E-state index is 0.674. The molecule has 90 valence electrons. The molecule has 2 heteroatoms. The van der Waals surface area contributed by atoms with Crippen LogP contribution in [-0.2, 0) is 4.74 Å². The van der Waals surface area contributed by atoms with Gasteiger partial charge in [-0.1, -0.05) is 19.8 Å². The summed E-state index contributed by atoms with van der Waals surface area (Å²) in [5.41, 5.74) is 0. The Labute approximate surface area is 94.8 Å². The van der Waals surface area contributed by atoms with E-state index in [2.05, 4.69) is 19.2 Å². The van der Waals surface area contributed by atoms with Crippen LogP contribution in [-0.4, -0.2) is 25.8 Å². The van der Waals surface area contributed by atoms with Crippen molar-refractivity contribution < 1.29 is 4.74 Å². The fourth-order valence-corrected chi connectivity index (χ4v) is 1.67. The Hall–Kier alpha value is -0.0800. The highest BCUT2D eigenvalue weighted by molar-refractivity contribution is 4.71. The lowest BCUT2D eigenvalue weighted by atomic mass is 10.1. The van der Waals surface area contributed by atoms with Crippen LogP contribution in [0.2, 0.25) is 0 Å². The van der Waals surface area contributed by atoms with Gasteiger partial charge in [0, 0.05) is 19.3 Å². The van der Waals surface area contributed by atoms with Gasteiger partial charge in [-0.2, -0.15) is 0 Å². The standard InChI is InChI=1S/C13H27NO/c1-3-4-6-12(2)14-9-5-10-15-11-13-7-8-13/h12-14H,3-11H2,1-2H3. The van der Waals surface area contributed by atoms with Gasteiger partial charge in [0.05, 0.1) is 0 Å². The largest absolute Gasteiger partial charge is 0.381 e. The maximum Gasteiger partial charge on any atom is 0.0494 e. The summed E-state index contributed by atoms with van der Waals surface area (Å²) < 4.78 is 5.58. The lowest BCUT2D eigenvalue weighted by molar-refractivity contribution is 0.121. The van der Waals surface area contributed by atoms with Gasteiger partial charge in [0.25, 0.3) is 0 Å². The van der Waals surface area contributed by atoms with Crippen molar-refractivity contribution in [3.8, 4) is 0 Å². The summed E-state index contributed by atoms with van der Waals surface area (Å²) in [5.74, 6) is 0.904. The molecule has 0 aromatic rings. The average molecular weight is 213 g/mol. The molecular formula is C13H27NO. The van der Waals surface area contributed by atoms with Crippen molar-refractivity contribution in [2.45, 2.75) is 58.4 Å². The highest BCUT2D eigenvalue weighted by Crippen LogP contribution is 2.28. The summed E-state index contributed by atoms with van der Waals surface area (Å²) in [6.07, 6.45) is 7.89. The van der Waals surface area contributed by atoms with Crippen LogP contribution in [0.1, 0.15) is 52.4 Å². The molecule has 0 saturated heterocycles. The van der Waals surface area contributed by atoms with Crippen molar-refractivity contribution in [2.75, 3.05) is 19.8 Å². The molecule has 0 aliphatic heterocycles. The fourth-order valence-electron chi connectivity index (χ4n) is 1.67. The van der Waals surface area contributed by atoms with Gasteiger partial charge in [0.15, 0.2) is 0 Å². The second kappa shape index (κ2) is 8.12. The lowest BCUT2D eigenvalue weighted by Gasteiger charge is -2.12. The van der Waals surface area contributed by atoms with E-state index in [9.17, 15) is 0 Å². The number of ether oxygens (including phenoxy) is 1. The molecule has 15 heavy (non-hydrogen) atoms. The predicted octanol–water partition coefficient (Wildman–Crippen LogP) is 2.97. The number of hydrogen-bond donors (Lipinski definition) is 1. The first-order valence-corrected chi connectivity index (χ1v) is 6.64. The second-order valence-corrected chi connectivity index (χ2v) is 4.87. The molecule has 1 aliphatic carbocycles. The number of nitrogens with one attached hydrogen (secondary N) is 1. The summed E-state index contributed by atoms with van der Waals surface area (Å²) in [7, 11) is 0. The first kappa shape index (κ1) is 13.0. The zero-order valence-corrected chi connectivity index (χ0v) is 10.4. The van der Waals surface area contributed by atoms with Crippen LogP contribution in [0.25, 0.3) is 0 Å². The Morgan fingerprint density at radius 2 is 2.13 bits per heavy atom. The van der Waals surface area contributed by atoms with Gasteiger partial charge in [-0.15, -0.1) is 0 Å². The zero-order valence-electron chi connectivity index (χ0n) is 10.4. The van der Waals surface area contributed by atoms with Crippen LogP contribution >= 0.6 is 0 Å². The van der Waals surface area contributed by atoms with Crippen LogP contribution in [0, 0.1) is 5.92 Å². The van der Waals surface area contributed by atoms with E-state index in [0.29, 0.717) is 6.04 Å². The molecule has 0 radical (unpaired) electrons. The van der Waals surface area contributed by atoms with E-state index in [1.165, 1.54) is 32.1 Å². The molecule has 0 aromatic carbocycles. The summed E-state index contributed by atoms with van der Waals surface area (Å²) in [5, 5.41) is 3.54. The smallest absolute Gasteiger partial charge is 0.0494 e. The molecule has 1 atom stereocenters. The van der Waals surface area contributed by atoms with Crippen molar-refractivity contribution in [1.29, 1.82) is 0 Å². The Balaban J connectivity index is 1.74. The Morgan fingerprint density at radius 1 is 1.33 bits per heavy atom. The van der Waals surface area contributed by atoms with E-state index < -0.39 is 0 Å². The average Bonchev–Trinajstić information content (AvgIpc) is 3.04. The zero-order chi connectivity index (χ0) is 10.9. The monoisotopic (exact) mass is 213 g/mol. The lowest BCUT2D eigenvalue weighted by Crippen LogP contribution is -2.27. The number of rotatable bonds is 10. The highest BCUT2D eigenvalue weighted by atomic mass is 16.5. The van der Waals surface area contributed by atoms with Crippen LogP contribution in [0.15, 0.2) is 0 Å². The number of unbranched alkanes of at least 4 members (excludes halogenated alkanes) is 1. The molecule has 1 N–H and O–H groups in total. The molecule has 1 saturated carbocycles. The molecule has 0 spiro atoms. The topological polar surface area (TPSA) is 21.3 Å². The molecule has 0 amide bonds. The molecule has 2 nitrogen and oxygen atoms in total. The van der Waals surface area contributed by atoms with Gasteiger partial charge in [-0.25, -0.2) is 0 Å². The first-order chi connectivity index (χ1) is 7.33. The molecular weight excluding hydrogens is 186 g/mol. The molecule has 1 fully saturated rings. The summed E-state index contributed by atoms with van der Waals surface area (Å²) in [6.45, 7) is 7.57. The maximum absolute atomic E-state index is 5.58. The molecule has 0 bridgehead atoms. The van der Waals surface area contributed by atoms with Crippen molar-refractivity contribution in [3.63, 3.8) is 0 Å². The fraction of sp³-hybridized carbons (Fsp3) is 1.00. The van der Waals surface area contributed by atoms with E-state index in [-0.39, 0.29) is 0 Å². The van der Waals surface area contributed by atoms with E-state index in [4.69, 9.17) is 4.74 Å². The van der Waals surface area contributed by atoms with E-state index in [1.807, 2.05) is 0 Å². The molecule has 0 aromatic heterocycles. The minimum absolute atomic E-state index is 0.674. The maximum atomic E-state index is 5.58. The molecule has 0 heterocycles. The summed E-state index contributed by atoms with van der Waals surface area (Å²) in [4.78, 5) is 0. The molecule has 1 unspecified atom stereocenters. The third-order valence-electron chi connectivity index (χ3n) is 3.00. The van der Waals surface area contributed by atoms with Crippen molar-refractivity contribution in [3.05, 3.63) is 0 Å². The Bertz CT molecular complexity index is 145. The highest BCUT2D eigenvalue weighted by Gasteiger charge is 2.20. The van der Waals surface area contributed by atoms with Gasteiger partial charge < -0.3 is 10.1 Å². The first-order valence-electron chi connectivity index (χ1n) is 6.64. The van der Waals surface area contributed by atoms with Gasteiger partial charge >= 0.3 is 0 Å². The third-order valence-corrected chi connectivity index (χ3v) is 3.00. The third kappa shape index (κ3) is 7.80. The molecule has 1 aliphatic rings. The predicted molar refractivity (Wildman–Crippen MR) is 65.1 cm³/mol. The second-order valence-electron chi connectivity index (χ2n) is 4.87. The summed E-state index contributed by atoms with van der Waals surface area (Å²) in [6, 6.07) is 0.674. The Kier molecular flexibility index (Phi) is 7.03. The SMILES string of the molecule is CCCCC(C)NCCCOCC1CC1. The van der Waals surface area contributed by atoms with Gasteiger partial charge in [0.1, 0.15) is 0 Å². The van der Waals surface area contributed by atoms with Crippen molar-refractivity contribution >= 4 is 0 Å². The quantitative estimate of drug-likeness (QED) is 0.563.